The van der Waals surface area contributed by atoms with Crippen LogP contribution in [0.5, 0.6) is 0 Å². The molecule has 2 aromatic rings. The van der Waals surface area contributed by atoms with Gasteiger partial charge in [0, 0.05) is 11.9 Å². The third-order valence-electron chi connectivity index (χ3n) is 2.11. The SMILES string of the molecule is O=C(COC(=O)c1ccn[nH]1)Nc1ccccc1. The Kier molecular flexibility index (Phi) is 3.70. The van der Waals surface area contributed by atoms with Gasteiger partial charge in [-0.25, -0.2) is 4.79 Å². The van der Waals surface area contributed by atoms with Crippen LogP contribution in [0.15, 0.2) is 42.6 Å². The minimum atomic E-state index is -0.615. The van der Waals surface area contributed by atoms with Crippen molar-refractivity contribution in [3.63, 3.8) is 0 Å². The van der Waals surface area contributed by atoms with E-state index in [0.29, 0.717) is 5.69 Å². The molecule has 1 amide bonds. The van der Waals surface area contributed by atoms with Gasteiger partial charge in [-0.2, -0.15) is 5.10 Å². The first kappa shape index (κ1) is 11.8. The number of nitrogens with one attached hydrogen (secondary N) is 2. The monoisotopic (exact) mass is 245 g/mol. The van der Waals surface area contributed by atoms with Gasteiger partial charge >= 0.3 is 5.97 Å². The highest BCUT2D eigenvalue weighted by molar-refractivity contribution is 5.94. The Hall–Kier alpha value is -2.63. The number of amides is 1. The van der Waals surface area contributed by atoms with Gasteiger partial charge in [0.15, 0.2) is 6.61 Å². The quantitative estimate of drug-likeness (QED) is 0.793. The molecule has 1 heterocycles. The second-order valence-corrected chi connectivity index (χ2v) is 3.46. The standard InChI is InChI=1S/C12H11N3O3/c16-11(14-9-4-2-1-3-5-9)8-18-12(17)10-6-7-13-15-10/h1-7H,8H2,(H,13,15)(H,14,16). The van der Waals surface area contributed by atoms with Crippen LogP contribution in [0.1, 0.15) is 10.5 Å². The van der Waals surface area contributed by atoms with Crippen LogP contribution in [0.25, 0.3) is 0 Å². The second kappa shape index (κ2) is 5.62. The fraction of sp³-hybridized carbons (Fsp3) is 0.0833. The van der Waals surface area contributed by atoms with Gasteiger partial charge in [0.25, 0.3) is 5.91 Å². The van der Waals surface area contributed by atoms with Crippen molar-refractivity contribution in [2.24, 2.45) is 0 Å². The highest BCUT2D eigenvalue weighted by Gasteiger charge is 2.10. The van der Waals surface area contributed by atoms with Crippen molar-refractivity contribution in [3.8, 4) is 0 Å². The van der Waals surface area contributed by atoms with Crippen LogP contribution in [-0.4, -0.2) is 28.7 Å². The van der Waals surface area contributed by atoms with Crippen LogP contribution < -0.4 is 5.32 Å². The number of H-pyrrole nitrogens is 1. The Bertz CT molecular complexity index is 523. The van der Waals surface area contributed by atoms with Gasteiger partial charge in [-0.1, -0.05) is 18.2 Å². The highest BCUT2D eigenvalue weighted by atomic mass is 16.5. The average molecular weight is 245 g/mol. The summed E-state index contributed by atoms with van der Waals surface area (Å²) in [5.74, 6) is -1.01. The molecule has 0 saturated heterocycles. The van der Waals surface area contributed by atoms with Crippen molar-refractivity contribution in [3.05, 3.63) is 48.3 Å². The zero-order chi connectivity index (χ0) is 12.8. The number of anilines is 1. The molecule has 0 fully saturated rings. The Balaban J connectivity index is 1.80. The molecule has 1 aromatic carbocycles. The molecule has 0 spiro atoms. The third kappa shape index (κ3) is 3.18. The van der Waals surface area contributed by atoms with Crippen molar-refractivity contribution in [2.75, 3.05) is 11.9 Å². The highest BCUT2D eigenvalue weighted by Crippen LogP contribution is 2.04. The number of rotatable bonds is 4. The first-order valence-corrected chi connectivity index (χ1v) is 5.27. The molecule has 18 heavy (non-hydrogen) atoms. The maximum absolute atomic E-state index is 11.5. The number of ether oxygens (including phenoxy) is 1. The summed E-state index contributed by atoms with van der Waals surface area (Å²) < 4.78 is 4.80. The molecule has 0 aliphatic carbocycles. The van der Waals surface area contributed by atoms with Gasteiger partial charge in [0.05, 0.1) is 0 Å². The van der Waals surface area contributed by atoms with E-state index in [9.17, 15) is 9.59 Å². The molecule has 1 aromatic heterocycles. The molecular formula is C12H11N3O3. The molecule has 2 rings (SSSR count). The molecule has 0 aliphatic heterocycles. The Morgan fingerprint density at radius 1 is 1.22 bits per heavy atom. The normalized spacial score (nSPS) is 9.78. The second-order valence-electron chi connectivity index (χ2n) is 3.46. The van der Waals surface area contributed by atoms with Crippen LogP contribution in [-0.2, 0) is 9.53 Å². The zero-order valence-electron chi connectivity index (χ0n) is 9.42. The van der Waals surface area contributed by atoms with Crippen LogP contribution >= 0.6 is 0 Å². The summed E-state index contributed by atoms with van der Waals surface area (Å²) in [7, 11) is 0. The van der Waals surface area contributed by atoms with E-state index in [1.165, 1.54) is 12.3 Å². The molecule has 0 aliphatic rings. The van der Waals surface area contributed by atoms with E-state index in [-0.39, 0.29) is 12.3 Å². The number of hydrogen-bond acceptors (Lipinski definition) is 4. The summed E-state index contributed by atoms with van der Waals surface area (Å²) in [5.41, 5.74) is 0.864. The largest absolute Gasteiger partial charge is 0.451 e. The fourth-order valence-corrected chi connectivity index (χ4v) is 1.30. The number of aromatic amines is 1. The van der Waals surface area contributed by atoms with Crippen LogP contribution in [0.3, 0.4) is 0 Å². The summed E-state index contributed by atoms with van der Waals surface area (Å²) in [6.45, 7) is -0.341. The van der Waals surface area contributed by atoms with Gasteiger partial charge in [-0.3, -0.25) is 9.89 Å². The molecule has 6 heteroatoms. The van der Waals surface area contributed by atoms with E-state index in [0.717, 1.165) is 0 Å². The van der Waals surface area contributed by atoms with Crippen molar-refractivity contribution in [2.45, 2.75) is 0 Å². The van der Waals surface area contributed by atoms with Gasteiger partial charge in [-0.05, 0) is 18.2 Å². The first-order valence-electron chi connectivity index (χ1n) is 5.27. The minimum Gasteiger partial charge on any atom is -0.451 e. The van der Waals surface area contributed by atoms with E-state index >= 15 is 0 Å². The van der Waals surface area contributed by atoms with E-state index in [1.54, 1.807) is 24.3 Å². The molecule has 0 atom stereocenters. The predicted octanol–water partition coefficient (Wildman–Crippen LogP) is 1.21. The van der Waals surface area contributed by atoms with E-state index in [1.807, 2.05) is 6.07 Å². The Morgan fingerprint density at radius 2 is 2.00 bits per heavy atom. The smallest absolute Gasteiger partial charge is 0.356 e. The number of carbonyl (C=O) groups excluding carboxylic acids is 2. The Morgan fingerprint density at radius 3 is 2.67 bits per heavy atom. The lowest BCUT2D eigenvalue weighted by Crippen LogP contribution is -2.21. The van der Waals surface area contributed by atoms with Gasteiger partial charge in [-0.15, -0.1) is 0 Å². The lowest BCUT2D eigenvalue weighted by molar-refractivity contribution is -0.119. The molecule has 92 valence electrons. The van der Waals surface area contributed by atoms with Gasteiger partial charge in [0.1, 0.15) is 5.69 Å². The van der Waals surface area contributed by atoms with Gasteiger partial charge < -0.3 is 10.1 Å². The average Bonchev–Trinajstić information content (AvgIpc) is 2.91. The molecule has 0 bridgehead atoms. The summed E-state index contributed by atoms with van der Waals surface area (Å²) in [4.78, 5) is 22.9. The van der Waals surface area contributed by atoms with E-state index in [2.05, 4.69) is 15.5 Å². The van der Waals surface area contributed by atoms with Gasteiger partial charge in [0.2, 0.25) is 0 Å². The molecule has 0 unspecified atom stereocenters. The maximum Gasteiger partial charge on any atom is 0.356 e. The maximum atomic E-state index is 11.5. The number of aromatic nitrogens is 2. The third-order valence-corrected chi connectivity index (χ3v) is 2.11. The number of hydrogen-bond donors (Lipinski definition) is 2. The number of carbonyl (C=O) groups is 2. The number of benzene rings is 1. The first-order chi connectivity index (χ1) is 8.75. The van der Waals surface area contributed by atoms with Crippen molar-refractivity contribution >= 4 is 17.6 Å². The summed E-state index contributed by atoms with van der Waals surface area (Å²) in [6, 6.07) is 10.4. The summed E-state index contributed by atoms with van der Waals surface area (Å²) >= 11 is 0. The van der Waals surface area contributed by atoms with Crippen molar-refractivity contribution in [1.82, 2.24) is 10.2 Å². The minimum absolute atomic E-state index is 0.211. The van der Waals surface area contributed by atoms with Crippen LogP contribution in [0.2, 0.25) is 0 Å². The number of para-hydroxylation sites is 1. The zero-order valence-corrected chi connectivity index (χ0v) is 9.42. The molecule has 2 N–H and O–H groups in total. The van der Waals surface area contributed by atoms with Crippen LogP contribution in [0.4, 0.5) is 5.69 Å². The lowest BCUT2D eigenvalue weighted by Gasteiger charge is -2.05. The molecule has 0 radical (unpaired) electrons. The van der Waals surface area contributed by atoms with Crippen LogP contribution in [0, 0.1) is 0 Å². The topological polar surface area (TPSA) is 84.1 Å². The summed E-state index contributed by atoms with van der Waals surface area (Å²) in [5, 5.41) is 8.67. The van der Waals surface area contributed by atoms with E-state index in [4.69, 9.17) is 4.74 Å². The predicted molar refractivity (Wildman–Crippen MR) is 63.9 cm³/mol. The van der Waals surface area contributed by atoms with Crippen molar-refractivity contribution in [1.29, 1.82) is 0 Å². The fourth-order valence-electron chi connectivity index (χ4n) is 1.30. The van der Waals surface area contributed by atoms with E-state index < -0.39 is 11.9 Å². The molecule has 0 saturated carbocycles. The summed E-state index contributed by atoms with van der Waals surface area (Å²) in [6.07, 6.45) is 1.43. The van der Waals surface area contributed by atoms with Crippen molar-refractivity contribution < 1.29 is 14.3 Å². The molecule has 6 nitrogen and oxygen atoms in total. The molecular weight excluding hydrogens is 234 g/mol. The Labute approximate surface area is 103 Å². The number of nitrogens with zero attached hydrogens (tertiary/aromatic N) is 1. The lowest BCUT2D eigenvalue weighted by atomic mass is 10.3. The number of esters is 1.